The molecular formula is C41H48N4O4Si. The maximum absolute atomic E-state index is 12.1. The zero-order chi connectivity index (χ0) is 35.1. The number of ether oxygens (including phenoxy) is 2. The Kier molecular flexibility index (Phi) is 11.3. The number of aliphatic hydroxyl groups is 1. The fourth-order valence-corrected chi connectivity index (χ4v) is 12.0. The molecule has 2 heterocycles. The van der Waals surface area contributed by atoms with Crippen molar-refractivity contribution >= 4 is 31.0 Å². The van der Waals surface area contributed by atoms with Crippen molar-refractivity contribution in [3.63, 3.8) is 0 Å². The maximum Gasteiger partial charge on any atom is 0.218 e. The molecule has 1 fully saturated rings. The second kappa shape index (κ2) is 16.0. The minimum atomic E-state index is -2.03. The van der Waals surface area contributed by atoms with Gasteiger partial charge in [-0.2, -0.15) is 0 Å². The first-order valence-corrected chi connectivity index (χ1v) is 20.6. The van der Waals surface area contributed by atoms with Crippen LogP contribution in [0.3, 0.4) is 0 Å². The highest BCUT2D eigenvalue weighted by atomic mass is 28.3. The van der Waals surface area contributed by atoms with E-state index in [9.17, 15) is 9.90 Å². The van der Waals surface area contributed by atoms with Crippen LogP contribution in [0.2, 0.25) is 18.6 Å². The van der Waals surface area contributed by atoms with E-state index < -0.39 is 8.07 Å². The number of aromatic nitrogens is 3. The van der Waals surface area contributed by atoms with Crippen LogP contribution in [0.15, 0.2) is 115 Å². The Morgan fingerprint density at radius 2 is 1.62 bits per heavy atom. The molecule has 1 amide bonds. The lowest BCUT2D eigenvalue weighted by molar-refractivity contribution is -0.106. The van der Waals surface area contributed by atoms with Crippen LogP contribution < -0.4 is 14.8 Å². The molecule has 0 aliphatic carbocycles. The van der Waals surface area contributed by atoms with Crippen molar-refractivity contribution in [2.45, 2.75) is 69.5 Å². The second-order valence-corrected chi connectivity index (χ2v) is 18.6. The summed E-state index contributed by atoms with van der Waals surface area (Å²) in [4.78, 5) is 13.8. The van der Waals surface area contributed by atoms with Crippen LogP contribution >= 0.6 is 0 Å². The molecule has 1 unspecified atom stereocenters. The Morgan fingerprint density at radius 1 is 0.920 bits per heavy atom. The number of aliphatic hydroxyl groups excluding tert-OH is 1. The Bertz CT molecular complexity index is 1820. The van der Waals surface area contributed by atoms with Crippen molar-refractivity contribution in [3.05, 3.63) is 132 Å². The second-order valence-electron chi connectivity index (χ2n) is 13.9. The average molecular weight is 689 g/mol. The fraction of sp³-hybridized carbons (Fsp3) is 0.341. The van der Waals surface area contributed by atoms with Gasteiger partial charge >= 0.3 is 0 Å². The van der Waals surface area contributed by atoms with Gasteiger partial charge in [0.1, 0.15) is 5.75 Å². The largest absolute Gasteiger partial charge is 0.497 e. The molecule has 0 spiro atoms. The molecule has 1 N–H and O–H groups in total. The number of benzene rings is 4. The number of para-hydroxylation sites is 1. The molecule has 6 rings (SSSR count). The summed E-state index contributed by atoms with van der Waals surface area (Å²) in [6, 6.07) is 36.6. The van der Waals surface area contributed by atoms with Crippen LogP contribution in [0.5, 0.6) is 5.75 Å². The molecule has 9 heteroatoms. The number of amides is 1. The van der Waals surface area contributed by atoms with Gasteiger partial charge in [-0.25, -0.2) is 0 Å². The van der Waals surface area contributed by atoms with E-state index in [2.05, 4.69) is 66.7 Å². The van der Waals surface area contributed by atoms with Gasteiger partial charge in [0.25, 0.3) is 0 Å². The zero-order valence-corrected chi connectivity index (χ0v) is 30.4. The number of hydrogen-bond donors (Lipinski definition) is 1. The van der Waals surface area contributed by atoms with E-state index in [1.165, 1.54) is 10.8 Å². The molecule has 1 aliphatic heterocycles. The zero-order valence-electron chi connectivity index (χ0n) is 29.4. The molecule has 5 atom stereocenters. The first kappa shape index (κ1) is 35.3. The highest BCUT2D eigenvalue weighted by molar-refractivity contribution is 6.91. The lowest BCUT2D eigenvalue weighted by Gasteiger charge is -2.36. The van der Waals surface area contributed by atoms with Crippen molar-refractivity contribution < 1.29 is 19.4 Å². The minimum Gasteiger partial charge on any atom is -0.497 e. The molecule has 8 nitrogen and oxygen atoms in total. The number of rotatable bonds is 15. The Morgan fingerprint density at radius 3 is 2.30 bits per heavy atom. The number of carbonyl (C=O) groups is 1. The van der Waals surface area contributed by atoms with Crippen LogP contribution in [-0.4, -0.2) is 60.5 Å². The molecule has 260 valence electrons. The summed E-state index contributed by atoms with van der Waals surface area (Å²) in [6.07, 6.45) is 5.55. The third-order valence-electron chi connectivity index (χ3n) is 10.6. The summed E-state index contributed by atoms with van der Waals surface area (Å²) in [7, 11) is -0.324. The first-order valence-electron chi connectivity index (χ1n) is 17.6. The predicted octanol–water partition coefficient (Wildman–Crippen LogP) is 7.12. The van der Waals surface area contributed by atoms with Gasteiger partial charge in [-0.15, -0.1) is 5.10 Å². The number of aryl methyl sites for hydroxylation is 2. The normalized spacial score (nSPS) is 19.6. The number of carbonyl (C=O) groups excluding carboxylic acids is 1. The Labute approximate surface area is 296 Å². The van der Waals surface area contributed by atoms with Gasteiger partial charge < -0.3 is 14.6 Å². The topological polar surface area (TPSA) is 89.7 Å². The monoisotopic (exact) mass is 688 g/mol. The van der Waals surface area contributed by atoms with Crippen LogP contribution in [0.4, 0.5) is 11.4 Å². The molecule has 5 aromatic rings. The summed E-state index contributed by atoms with van der Waals surface area (Å²) in [5.74, 6) is 1.01. The maximum atomic E-state index is 12.1. The van der Waals surface area contributed by atoms with E-state index in [4.69, 9.17) is 9.47 Å². The Hall–Kier alpha value is -4.57. The summed E-state index contributed by atoms with van der Waals surface area (Å²) in [5.41, 5.74) is 5.05. The molecule has 0 bridgehead atoms. The molecule has 1 aliphatic rings. The minimum absolute atomic E-state index is 0.0281. The van der Waals surface area contributed by atoms with E-state index >= 15 is 0 Å². The van der Waals surface area contributed by atoms with Gasteiger partial charge in [0, 0.05) is 24.1 Å². The fourth-order valence-electron chi connectivity index (χ4n) is 7.84. The lowest BCUT2D eigenvalue weighted by atomic mass is 9.95. The van der Waals surface area contributed by atoms with Crippen molar-refractivity contribution in [2.24, 2.45) is 5.92 Å². The first-order chi connectivity index (χ1) is 24.3. The van der Waals surface area contributed by atoms with Crippen molar-refractivity contribution in [3.8, 4) is 5.75 Å². The predicted molar refractivity (Wildman–Crippen MR) is 201 cm³/mol. The number of nitrogens with zero attached hydrogens (tertiary/aromatic N) is 4. The molecule has 0 saturated carbocycles. The number of anilines is 2. The third-order valence-corrected chi connectivity index (χ3v) is 14.9. The molecule has 1 aromatic heterocycles. The van der Waals surface area contributed by atoms with Crippen LogP contribution in [0.1, 0.15) is 42.5 Å². The highest BCUT2D eigenvalue weighted by Gasteiger charge is 2.50. The van der Waals surface area contributed by atoms with Gasteiger partial charge in [0.05, 0.1) is 45.6 Å². The SMILES string of the molecule is COc1ccc([Si](C)(C)[C@@H]2[C@@H](C)[C@@H](CCc3cccc(N(C=O)c4ccccc4)c3)O[C@H]2CCn2cc(C(CO)c3ccccc3)nn2)cc1. The summed E-state index contributed by atoms with van der Waals surface area (Å²) >= 11 is 0. The van der Waals surface area contributed by atoms with E-state index in [1.54, 1.807) is 12.0 Å². The van der Waals surface area contributed by atoms with Gasteiger partial charge in [0.15, 0.2) is 0 Å². The van der Waals surface area contributed by atoms with Crippen LogP contribution in [0.25, 0.3) is 0 Å². The van der Waals surface area contributed by atoms with Gasteiger partial charge in [-0.05, 0) is 78.2 Å². The van der Waals surface area contributed by atoms with Gasteiger partial charge in [-0.3, -0.25) is 14.4 Å². The standard InChI is InChI=1S/C41H48N4O4Si/c1-30-39(23-18-31-12-11-17-34(26-31)45(29-47)33-15-9-6-10-16-33)49-40(41(30)50(3,4)36-21-19-35(48-2)20-22-36)24-25-44-27-38(42-43-44)37(28-46)32-13-7-5-8-14-32/h5-17,19-22,26-27,29-30,37,39-41,46H,18,23-25,28H2,1-4H3/t30-,37?,39+,40-,41+/m0/s1. The number of hydrogen-bond acceptors (Lipinski definition) is 6. The van der Waals surface area contributed by atoms with Crippen molar-refractivity contribution in [1.82, 2.24) is 15.0 Å². The number of methoxy groups -OCH3 is 1. The van der Waals surface area contributed by atoms with Gasteiger partial charge in [-0.1, -0.05) is 103 Å². The van der Waals surface area contributed by atoms with Crippen LogP contribution in [0, 0.1) is 5.92 Å². The van der Waals surface area contributed by atoms with E-state index in [0.29, 0.717) is 18.0 Å². The van der Waals surface area contributed by atoms with E-state index in [-0.39, 0.29) is 24.7 Å². The quantitative estimate of drug-likeness (QED) is 0.0931. The lowest BCUT2D eigenvalue weighted by Crippen LogP contribution is -2.50. The summed E-state index contributed by atoms with van der Waals surface area (Å²) in [6.45, 7) is 7.95. The summed E-state index contributed by atoms with van der Waals surface area (Å²) < 4.78 is 14.4. The third kappa shape index (κ3) is 7.75. The smallest absolute Gasteiger partial charge is 0.218 e. The van der Waals surface area contributed by atoms with Crippen molar-refractivity contribution in [2.75, 3.05) is 18.6 Å². The van der Waals surface area contributed by atoms with E-state index in [1.807, 2.05) is 83.7 Å². The molecule has 1 saturated heterocycles. The van der Waals surface area contributed by atoms with Crippen molar-refractivity contribution in [1.29, 1.82) is 0 Å². The highest BCUT2D eigenvalue weighted by Crippen LogP contribution is 2.46. The molecule has 0 radical (unpaired) electrons. The van der Waals surface area contributed by atoms with Gasteiger partial charge in [0.2, 0.25) is 6.41 Å². The molecule has 4 aromatic carbocycles. The average Bonchev–Trinajstić information content (AvgIpc) is 3.75. The van der Waals surface area contributed by atoms with E-state index in [0.717, 1.165) is 54.1 Å². The summed E-state index contributed by atoms with van der Waals surface area (Å²) in [5, 5.41) is 20.5. The Balaban J connectivity index is 1.20. The van der Waals surface area contributed by atoms with Crippen LogP contribution in [-0.2, 0) is 22.5 Å². The molecular weight excluding hydrogens is 641 g/mol. The molecule has 50 heavy (non-hydrogen) atoms.